The van der Waals surface area contributed by atoms with Gasteiger partial charge < -0.3 is 0 Å². The van der Waals surface area contributed by atoms with Crippen LogP contribution in [0.2, 0.25) is 0 Å². The molecule has 1 atom stereocenters. The Morgan fingerprint density at radius 2 is 1.52 bits per heavy atom. The standard InChI is InChI=1S/C22H39N/c1-4-6-8-21(7-5-2)22(17-23)15-13-20(14-16-22)19-11-9-18(3)10-12-19/h18-21H,4-16H2,1-3H3/t18?,19?,20?,21-,22?/m0/s1. The molecule has 0 spiro atoms. The van der Waals surface area contributed by atoms with Crippen molar-refractivity contribution < 1.29 is 0 Å². The lowest BCUT2D eigenvalue weighted by Gasteiger charge is -2.44. The topological polar surface area (TPSA) is 23.8 Å². The van der Waals surface area contributed by atoms with Gasteiger partial charge in [-0.2, -0.15) is 5.26 Å². The van der Waals surface area contributed by atoms with E-state index in [2.05, 4.69) is 26.8 Å². The fourth-order valence-corrected chi connectivity index (χ4v) is 5.49. The molecule has 2 saturated carbocycles. The lowest BCUT2D eigenvalue weighted by Crippen LogP contribution is -2.36. The van der Waals surface area contributed by atoms with E-state index in [9.17, 15) is 5.26 Å². The zero-order valence-corrected chi connectivity index (χ0v) is 15.9. The first-order valence-corrected chi connectivity index (χ1v) is 10.6. The van der Waals surface area contributed by atoms with Gasteiger partial charge in [-0.15, -0.1) is 0 Å². The van der Waals surface area contributed by atoms with Crippen LogP contribution in [0.5, 0.6) is 0 Å². The van der Waals surface area contributed by atoms with Crippen molar-refractivity contribution in [1.29, 1.82) is 5.26 Å². The van der Waals surface area contributed by atoms with Crippen molar-refractivity contribution in [3.63, 3.8) is 0 Å². The predicted molar refractivity (Wildman–Crippen MR) is 99.0 cm³/mol. The average Bonchev–Trinajstić information content (AvgIpc) is 2.59. The van der Waals surface area contributed by atoms with E-state index >= 15 is 0 Å². The third-order valence-corrected chi connectivity index (χ3v) is 7.20. The summed E-state index contributed by atoms with van der Waals surface area (Å²) in [6.07, 6.45) is 17.2. The van der Waals surface area contributed by atoms with Crippen LogP contribution in [0.4, 0.5) is 0 Å². The van der Waals surface area contributed by atoms with Crippen LogP contribution < -0.4 is 0 Å². The third-order valence-electron chi connectivity index (χ3n) is 7.20. The molecule has 1 nitrogen and oxygen atoms in total. The normalized spacial score (nSPS) is 36.3. The van der Waals surface area contributed by atoms with E-state index in [0.717, 1.165) is 17.8 Å². The van der Waals surface area contributed by atoms with Gasteiger partial charge in [0.15, 0.2) is 0 Å². The highest BCUT2D eigenvalue weighted by atomic mass is 14.5. The van der Waals surface area contributed by atoms with Crippen LogP contribution in [0.25, 0.3) is 0 Å². The highest BCUT2D eigenvalue weighted by Crippen LogP contribution is 2.50. The van der Waals surface area contributed by atoms with Crippen LogP contribution >= 0.6 is 0 Å². The highest BCUT2D eigenvalue weighted by Gasteiger charge is 2.42. The summed E-state index contributed by atoms with van der Waals surface area (Å²) in [4.78, 5) is 0. The Hall–Kier alpha value is -0.510. The van der Waals surface area contributed by atoms with E-state index in [4.69, 9.17) is 0 Å². The van der Waals surface area contributed by atoms with E-state index in [-0.39, 0.29) is 5.41 Å². The van der Waals surface area contributed by atoms with Crippen LogP contribution in [0, 0.1) is 40.4 Å². The molecule has 0 aromatic carbocycles. The molecule has 0 saturated heterocycles. The molecular weight excluding hydrogens is 278 g/mol. The van der Waals surface area contributed by atoms with E-state index in [1.807, 2.05) is 0 Å². The molecule has 23 heavy (non-hydrogen) atoms. The second-order valence-corrected chi connectivity index (χ2v) is 8.75. The Labute approximate surface area is 145 Å². The van der Waals surface area contributed by atoms with Crippen molar-refractivity contribution in [3.05, 3.63) is 0 Å². The fraction of sp³-hybridized carbons (Fsp3) is 0.955. The molecule has 0 unspecified atom stereocenters. The smallest absolute Gasteiger partial charge is 0.0692 e. The van der Waals surface area contributed by atoms with Crippen LogP contribution in [0.1, 0.15) is 104 Å². The third kappa shape index (κ3) is 4.74. The average molecular weight is 318 g/mol. The minimum atomic E-state index is 0.0175. The summed E-state index contributed by atoms with van der Waals surface area (Å²) in [5, 5.41) is 10.0. The zero-order chi connectivity index (χ0) is 16.7. The van der Waals surface area contributed by atoms with Gasteiger partial charge in [-0.1, -0.05) is 52.9 Å². The molecule has 0 aliphatic heterocycles. The Morgan fingerprint density at radius 1 is 0.913 bits per heavy atom. The van der Waals surface area contributed by atoms with Crippen LogP contribution in [0.15, 0.2) is 0 Å². The summed E-state index contributed by atoms with van der Waals surface area (Å²) in [6.45, 7) is 6.99. The molecule has 1 heteroatoms. The number of nitriles is 1. The van der Waals surface area contributed by atoms with Gasteiger partial charge in [-0.25, -0.2) is 0 Å². The van der Waals surface area contributed by atoms with Crippen molar-refractivity contribution in [1.82, 2.24) is 0 Å². The van der Waals surface area contributed by atoms with Crippen molar-refractivity contribution in [2.24, 2.45) is 29.1 Å². The Morgan fingerprint density at radius 3 is 2.04 bits per heavy atom. The molecule has 0 radical (unpaired) electrons. The van der Waals surface area contributed by atoms with Gasteiger partial charge in [0.1, 0.15) is 0 Å². The summed E-state index contributed by atoms with van der Waals surface area (Å²) >= 11 is 0. The number of nitrogens with zero attached hydrogens (tertiary/aromatic N) is 1. The first kappa shape index (κ1) is 18.8. The Bertz CT molecular complexity index is 364. The molecular formula is C22H39N. The molecule has 0 bridgehead atoms. The van der Waals surface area contributed by atoms with E-state index in [1.165, 1.54) is 83.5 Å². The molecule has 0 amide bonds. The van der Waals surface area contributed by atoms with Crippen LogP contribution in [-0.4, -0.2) is 0 Å². The van der Waals surface area contributed by atoms with Gasteiger partial charge in [0.25, 0.3) is 0 Å². The van der Waals surface area contributed by atoms with Crippen LogP contribution in [-0.2, 0) is 0 Å². The first-order valence-electron chi connectivity index (χ1n) is 10.6. The molecule has 0 aromatic heterocycles. The largest absolute Gasteiger partial charge is 0.198 e. The molecule has 2 aliphatic rings. The lowest BCUT2D eigenvalue weighted by atomic mass is 9.59. The Balaban J connectivity index is 1.93. The zero-order valence-electron chi connectivity index (χ0n) is 15.9. The van der Waals surface area contributed by atoms with E-state index in [1.54, 1.807) is 0 Å². The maximum atomic E-state index is 10.0. The molecule has 0 aromatic rings. The monoisotopic (exact) mass is 317 g/mol. The molecule has 132 valence electrons. The van der Waals surface area contributed by atoms with Crippen molar-refractivity contribution in [3.8, 4) is 6.07 Å². The second-order valence-electron chi connectivity index (χ2n) is 8.75. The Kier molecular flexibility index (Phi) is 7.45. The summed E-state index contributed by atoms with van der Waals surface area (Å²) in [5.41, 5.74) is 0.0175. The summed E-state index contributed by atoms with van der Waals surface area (Å²) in [5.74, 6) is 3.52. The van der Waals surface area contributed by atoms with Gasteiger partial charge >= 0.3 is 0 Å². The van der Waals surface area contributed by atoms with Crippen molar-refractivity contribution >= 4 is 0 Å². The second kappa shape index (κ2) is 9.10. The number of rotatable bonds is 7. The highest BCUT2D eigenvalue weighted by molar-refractivity contribution is 5.05. The fourth-order valence-electron chi connectivity index (χ4n) is 5.49. The molecule has 2 fully saturated rings. The minimum Gasteiger partial charge on any atom is -0.198 e. The quantitative estimate of drug-likeness (QED) is 0.490. The summed E-state index contributed by atoms with van der Waals surface area (Å²) in [6, 6.07) is 2.84. The van der Waals surface area contributed by atoms with Gasteiger partial charge in [-0.05, 0) is 75.0 Å². The maximum Gasteiger partial charge on any atom is 0.0692 e. The number of hydrogen-bond acceptors (Lipinski definition) is 1. The SMILES string of the molecule is CCCC[C@H](CCC)C1(C#N)CCC(C2CCC(C)CC2)CC1. The van der Waals surface area contributed by atoms with Gasteiger partial charge in [0.2, 0.25) is 0 Å². The minimum absolute atomic E-state index is 0.0175. The summed E-state index contributed by atoms with van der Waals surface area (Å²) in [7, 11) is 0. The molecule has 2 aliphatic carbocycles. The summed E-state index contributed by atoms with van der Waals surface area (Å²) < 4.78 is 0. The lowest BCUT2D eigenvalue weighted by molar-refractivity contribution is 0.0788. The number of hydrogen-bond donors (Lipinski definition) is 0. The van der Waals surface area contributed by atoms with E-state index in [0.29, 0.717) is 5.92 Å². The predicted octanol–water partition coefficient (Wildman–Crippen LogP) is 7.12. The van der Waals surface area contributed by atoms with Gasteiger partial charge in [0, 0.05) is 0 Å². The number of unbranched alkanes of at least 4 members (excludes halogenated alkanes) is 1. The van der Waals surface area contributed by atoms with Crippen LogP contribution in [0.3, 0.4) is 0 Å². The maximum absolute atomic E-state index is 10.0. The van der Waals surface area contributed by atoms with Gasteiger partial charge in [0.05, 0.1) is 11.5 Å². The molecule has 0 N–H and O–H groups in total. The van der Waals surface area contributed by atoms with Crippen molar-refractivity contribution in [2.75, 3.05) is 0 Å². The van der Waals surface area contributed by atoms with Crippen molar-refractivity contribution in [2.45, 2.75) is 104 Å². The molecule has 2 rings (SSSR count). The van der Waals surface area contributed by atoms with Gasteiger partial charge in [-0.3, -0.25) is 0 Å². The molecule has 0 heterocycles. The first-order chi connectivity index (χ1) is 11.1. The van der Waals surface area contributed by atoms with E-state index < -0.39 is 0 Å².